The van der Waals surface area contributed by atoms with Gasteiger partial charge in [-0.1, -0.05) is 18.7 Å². The predicted octanol–water partition coefficient (Wildman–Crippen LogP) is -1.12. The van der Waals surface area contributed by atoms with Crippen LogP contribution in [0.2, 0.25) is 0 Å². The third kappa shape index (κ3) is 5.18. The summed E-state index contributed by atoms with van der Waals surface area (Å²) in [4.78, 5) is 24.1. The first-order chi connectivity index (χ1) is 17.6. The van der Waals surface area contributed by atoms with Crippen LogP contribution in [0.25, 0.3) is 6.08 Å². The molecular formula is C25H28O12. The fourth-order valence-electron chi connectivity index (χ4n) is 4.71. The maximum Gasteiger partial charge on any atom is 0.331 e. The van der Waals surface area contributed by atoms with Crippen molar-refractivity contribution in [2.45, 2.75) is 55.1 Å². The molecule has 0 amide bonds. The van der Waals surface area contributed by atoms with Crippen LogP contribution < -0.4 is 0 Å². The fraction of sp³-hybridized carbons (Fsp3) is 0.440. The minimum Gasteiger partial charge on any atom is -0.508 e. The van der Waals surface area contributed by atoms with Crippen molar-refractivity contribution in [2.24, 2.45) is 5.92 Å². The Morgan fingerprint density at radius 2 is 1.95 bits per heavy atom. The number of fused-ring (bicyclic) bond motifs is 1. The van der Waals surface area contributed by atoms with Crippen LogP contribution >= 0.6 is 0 Å². The number of phenols is 1. The van der Waals surface area contributed by atoms with Gasteiger partial charge in [0.15, 0.2) is 12.6 Å². The highest BCUT2D eigenvalue weighted by Crippen LogP contribution is 2.50. The summed E-state index contributed by atoms with van der Waals surface area (Å²) in [5.74, 6) is -1.91. The van der Waals surface area contributed by atoms with E-state index in [0.29, 0.717) is 11.8 Å². The largest absolute Gasteiger partial charge is 0.508 e. The Balaban J connectivity index is 1.51. The van der Waals surface area contributed by atoms with Gasteiger partial charge in [-0.3, -0.25) is 4.79 Å². The number of carbonyl (C=O) groups excluding carboxylic acids is 2. The van der Waals surface area contributed by atoms with E-state index in [2.05, 4.69) is 6.58 Å². The van der Waals surface area contributed by atoms with E-state index in [1.165, 1.54) is 18.2 Å². The zero-order valence-corrected chi connectivity index (χ0v) is 19.5. The SMILES string of the molecule is C=C1C(OC(=O)C=Cc2cccc(O)c2)CC2(O)C(C=O)=COC(OC3OC(CO)C(O)C(O)C3O)C12. The number of aromatic hydroxyl groups is 1. The molecule has 9 atom stereocenters. The molecule has 6 N–H and O–H groups in total. The molecule has 0 bridgehead atoms. The van der Waals surface area contributed by atoms with Gasteiger partial charge in [0, 0.05) is 12.5 Å². The first-order valence-electron chi connectivity index (χ1n) is 11.4. The van der Waals surface area contributed by atoms with Crippen molar-refractivity contribution < 1.29 is 59.2 Å². The Bertz CT molecular complexity index is 1100. The lowest BCUT2D eigenvalue weighted by molar-refractivity contribution is -0.342. The molecule has 0 radical (unpaired) electrons. The Kier molecular flexibility index (Phi) is 7.80. The maximum absolute atomic E-state index is 12.5. The summed E-state index contributed by atoms with van der Waals surface area (Å²) in [7, 11) is 0. The van der Waals surface area contributed by atoms with Crippen molar-refractivity contribution in [1.82, 2.24) is 0 Å². The molecule has 9 unspecified atom stereocenters. The molecule has 3 aliphatic rings. The average Bonchev–Trinajstić information content (AvgIpc) is 3.13. The second kappa shape index (κ2) is 10.7. The van der Waals surface area contributed by atoms with Crippen LogP contribution in [0.15, 0.2) is 54.3 Å². The number of aliphatic hydroxyl groups excluding tert-OH is 4. The number of ether oxygens (including phenoxy) is 4. The summed E-state index contributed by atoms with van der Waals surface area (Å²) >= 11 is 0. The van der Waals surface area contributed by atoms with Gasteiger partial charge in [-0.25, -0.2) is 4.79 Å². The quantitative estimate of drug-likeness (QED) is 0.110. The highest BCUT2D eigenvalue weighted by atomic mass is 16.8. The first kappa shape index (κ1) is 26.9. The van der Waals surface area contributed by atoms with E-state index in [1.54, 1.807) is 12.1 Å². The zero-order valence-electron chi connectivity index (χ0n) is 19.5. The number of rotatable bonds is 7. The van der Waals surface area contributed by atoms with Gasteiger partial charge in [0.2, 0.25) is 6.29 Å². The molecule has 1 aromatic carbocycles. The summed E-state index contributed by atoms with van der Waals surface area (Å²) in [6.07, 6.45) is -6.69. The van der Waals surface area contributed by atoms with Crippen LogP contribution in [0.5, 0.6) is 5.75 Å². The van der Waals surface area contributed by atoms with Gasteiger partial charge >= 0.3 is 5.97 Å². The number of aldehydes is 1. The van der Waals surface area contributed by atoms with E-state index in [0.717, 1.165) is 12.3 Å². The second-order valence-electron chi connectivity index (χ2n) is 9.06. The number of aliphatic hydroxyl groups is 5. The van der Waals surface area contributed by atoms with Gasteiger partial charge in [-0.2, -0.15) is 0 Å². The summed E-state index contributed by atoms with van der Waals surface area (Å²) in [6, 6.07) is 6.18. The van der Waals surface area contributed by atoms with E-state index in [1.807, 2.05) is 0 Å². The highest BCUT2D eigenvalue weighted by Gasteiger charge is 2.59. The summed E-state index contributed by atoms with van der Waals surface area (Å²) in [6.45, 7) is 3.23. The minimum absolute atomic E-state index is 0.0182. The lowest BCUT2D eigenvalue weighted by Gasteiger charge is -2.44. The summed E-state index contributed by atoms with van der Waals surface area (Å²) in [5, 5.41) is 60.7. The smallest absolute Gasteiger partial charge is 0.331 e. The van der Waals surface area contributed by atoms with Gasteiger partial charge in [0.25, 0.3) is 0 Å². The topological polar surface area (TPSA) is 192 Å². The molecule has 1 saturated heterocycles. The monoisotopic (exact) mass is 520 g/mol. The van der Waals surface area contributed by atoms with Crippen molar-refractivity contribution in [1.29, 1.82) is 0 Å². The minimum atomic E-state index is -1.91. The molecule has 1 saturated carbocycles. The number of phenolic OH excluding ortho intramolecular Hbond substituents is 1. The third-order valence-electron chi connectivity index (χ3n) is 6.71. The van der Waals surface area contributed by atoms with Crippen LogP contribution in [0.3, 0.4) is 0 Å². The number of hydrogen-bond acceptors (Lipinski definition) is 12. The molecule has 200 valence electrons. The van der Waals surface area contributed by atoms with Gasteiger partial charge in [0.1, 0.15) is 41.9 Å². The lowest BCUT2D eigenvalue weighted by Crippen LogP contribution is -2.60. The molecule has 2 fully saturated rings. The van der Waals surface area contributed by atoms with E-state index >= 15 is 0 Å². The molecule has 4 rings (SSSR count). The molecule has 1 aromatic rings. The Morgan fingerprint density at radius 1 is 1.19 bits per heavy atom. The normalized spacial score (nSPS) is 37.5. The number of carbonyl (C=O) groups is 2. The van der Waals surface area contributed by atoms with Crippen molar-refractivity contribution >= 4 is 18.3 Å². The van der Waals surface area contributed by atoms with Crippen LogP contribution in [-0.4, -0.2) is 98.2 Å². The summed E-state index contributed by atoms with van der Waals surface area (Å²) in [5.41, 5.74) is -1.36. The predicted molar refractivity (Wildman–Crippen MR) is 123 cm³/mol. The number of benzene rings is 1. The van der Waals surface area contributed by atoms with Gasteiger partial charge in [-0.15, -0.1) is 0 Å². The Labute approximate surface area is 211 Å². The molecule has 12 heteroatoms. The average molecular weight is 520 g/mol. The lowest BCUT2D eigenvalue weighted by atomic mass is 9.81. The highest BCUT2D eigenvalue weighted by molar-refractivity contribution is 5.87. The molecule has 1 aliphatic carbocycles. The van der Waals surface area contributed by atoms with Crippen LogP contribution in [0.4, 0.5) is 0 Å². The van der Waals surface area contributed by atoms with Crippen LogP contribution in [0, 0.1) is 5.92 Å². The van der Waals surface area contributed by atoms with Crippen molar-refractivity contribution in [3.63, 3.8) is 0 Å². The van der Waals surface area contributed by atoms with E-state index in [-0.39, 0.29) is 23.3 Å². The molecule has 0 aromatic heterocycles. The molecule has 37 heavy (non-hydrogen) atoms. The second-order valence-corrected chi connectivity index (χ2v) is 9.06. The molecular weight excluding hydrogens is 492 g/mol. The Morgan fingerprint density at radius 3 is 2.62 bits per heavy atom. The number of hydrogen-bond donors (Lipinski definition) is 6. The van der Waals surface area contributed by atoms with Gasteiger partial charge < -0.3 is 49.6 Å². The summed E-state index contributed by atoms with van der Waals surface area (Å²) < 4.78 is 22.0. The molecule has 12 nitrogen and oxygen atoms in total. The van der Waals surface area contributed by atoms with E-state index in [9.17, 15) is 40.2 Å². The van der Waals surface area contributed by atoms with Gasteiger partial charge in [-0.05, 0) is 29.3 Å². The first-order valence-corrected chi connectivity index (χ1v) is 11.4. The zero-order chi connectivity index (χ0) is 26.9. The standard InChI is InChI=1S/C25H28O12/c1-12-16(35-18(29)6-5-13-3-2-4-15(28)7-13)8-25(33)14(9-26)11-34-23(19(12)25)37-24-22(32)21(31)20(30)17(10-27)36-24/h2-7,9,11,16-17,19-24,27-28,30-33H,1,8,10H2. The number of esters is 1. The van der Waals surface area contributed by atoms with Crippen molar-refractivity contribution in [3.05, 3.63) is 59.9 Å². The van der Waals surface area contributed by atoms with Crippen molar-refractivity contribution in [2.75, 3.05) is 6.61 Å². The Hall–Kier alpha value is -3.10. The molecule has 2 heterocycles. The van der Waals surface area contributed by atoms with E-state index in [4.69, 9.17) is 18.9 Å². The molecule has 0 spiro atoms. The van der Waals surface area contributed by atoms with Gasteiger partial charge in [0.05, 0.1) is 24.4 Å². The fourth-order valence-corrected chi connectivity index (χ4v) is 4.71. The van der Waals surface area contributed by atoms with Crippen LogP contribution in [-0.2, 0) is 28.5 Å². The third-order valence-corrected chi connectivity index (χ3v) is 6.71. The van der Waals surface area contributed by atoms with Crippen LogP contribution in [0.1, 0.15) is 12.0 Å². The van der Waals surface area contributed by atoms with E-state index < -0.39 is 67.2 Å². The van der Waals surface area contributed by atoms with Crippen molar-refractivity contribution in [3.8, 4) is 5.75 Å². The molecule has 2 aliphatic heterocycles. The maximum atomic E-state index is 12.5.